The molecule has 31 heavy (non-hydrogen) atoms. The monoisotopic (exact) mass is 464 g/mol. The molecule has 1 aliphatic heterocycles. The van der Waals surface area contributed by atoms with E-state index in [1.54, 1.807) is 35.2 Å². The number of primary sulfonamides is 1. The number of benzene rings is 2. The number of nitrogens with one attached hydrogen (secondary N) is 1. The number of carbonyl (C=O) groups excluding carboxylic acids is 2. The normalized spacial score (nSPS) is 15.4. The maximum absolute atomic E-state index is 12.8. The quantitative estimate of drug-likeness (QED) is 0.680. The van der Waals surface area contributed by atoms with Crippen LogP contribution in [-0.2, 0) is 14.8 Å². The van der Waals surface area contributed by atoms with Gasteiger partial charge < -0.3 is 15.1 Å². The summed E-state index contributed by atoms with van der Waals surface area (Å²) in [6.07, 6.45) is 1.05. The van der Waals surface area contributed by atoms with Crippen molar-refractivity contribution in [3.8, 4) is 0 Å². The Morgan fingerprint density at radius 1 is 1.03 bits per heavy atom. The molecule has 2 aromatic carbocycles. The summed E-state index contributed by atoms with van der Waals surface area (Å²) >= 11 is 6.15. The zero-order chi connectivity index (χ0) is 22.4. The molecule has 1 aliphatic rings. The van der Waals surface area contributed by atoms with Gasteiger partial charge in [0.2, 0.25) is 15.9 Å². The molecule has 0 unspecified atom stereocenters. The van der Waals surface area contributed by atoms with Crippen molar-refractivity contribution in [2.45, 2.75) is 17.7 Å². The van der Waals surface area contributed by atoms with Crippen molar-refractivity contribution in [3.05, 3.63) is 59.1 Å². The Kier molecular flexibility index (Phi) is 7.66. The standard InChI is InChI=1S/C21H25ClN4O4S/c22-19-8-2-1-7-18(19)21(28)26-11-4-10-25(13-14-26)12-9-20(27)24-16-5-3-6-17(15-16)31(23,29)30/h1-3,5-8,15H,4,9-14H2,(H,24,27)(H2,23,29,30). The number of amides is 2. The molecule has 0 aliphatic carbocycles. The third-order valence-corrected chi connectivity index (χ3v) is 6.32. The van der Waals surface area contributed by atoms with E-state index in [4.69, 9.17) is 16.7 Å². The molecule has 0 bridgehead atoms. The highest BCUT2D eigenvalue weighted by molar-refractivity contribution is 7.89. The second kappa shape index (κ2) is 10.2. The van der Waals surface area contributed by atoms with Gasteiger partial charge in [0.15, 0.2) is 0 Å². The lowest BCUT2D eigenvalue weighted by molar-refractivity contribution is -0.116. The smallest absolute Gasteiger partial charge is 0.255 e. The number of carbonyl (C=O) groups is 2. The first kappa shape index (κ1) is 23.2. The van der Waals surface area contributed by atoms with Gasteiger partial charge in [-0.2, -0.15) is 0 Å². The molecule has 0 saturated carbocycles. The highest BCUT2D eigenvalue weighted by Crippen LogP contribution is 2.18. The van der Waals surface area contributed by atoms with E-state index in [2.05, 4.69) is 10.2 Å². The number of nitrogens with zero attached hydrogens (tertiary/aromatic N) is 2. The summed E-state index contributed by atoms with van der Waals surface area (Å²) in [5.74, 6) is -0.306. The van der Waals surface area contributed by atoms with Crippen LogP contribution in [0.3, 0.4) is 0 Å². The molecule has 0 aromatic heterocycles. The van der Waals surface area contributed by atoms with E-state index in [-0.39, 0.29) is 23.1 Å². The molecule has 0 radical (unpaired) electrons. The molecule has 0 spiro atoms. The first-order chi connectivity index (χ1) is 14.7. The molecule has 1 fully saturated rings. The van der Waals surface area contributed by atoms with E-state index in [9.17, 15) is 18.0 Å². The molecule has 2 amide bonds. The van der Waals surface area contributed by atoms with Crippen LogP contribution in [0, 0.1) is 0 Å². The number of nitrogens with two attached hydrogens (primary N) is 1. The maximum atomic E-state index is 12.8. The molecule has 166 valence electrons. The number of anilines is 1. The molecule has 3 rings (SSSR count). The highest BCUT2D eigenvalue weighted by atomic mass is 35.5. The molecular weight excluding hydrogens is 440 g/mol. The second-order valence-electron chi connectivity index (χ2n) is 7.34. The van der Waals surface area contributed by atoms with E-state index < -0.39 is 10.0 Å². The van der Waals surface area contributed by atoms with E-state index in [0.29, 0.717) is 42.5 Å². The van der Waals surface area contributed by atoms with Gasteiger partial charge in [-0.25, -0.2) is 13.6 Å². The van der Waals surface area contributed by atoms with Crippen molar-refractivity contribution in [3.63, 3.8) is 0 Å². The van der Waals surface area contributed by atoms with Crippen molar-refractivity contribution in [2.75, 3.05) is 38.0 Å². The minimum absolute atomic E-state index is 0.0545. The summed E-state index contributed by atoms with van der Waals surface area (Å²) < 4.78 is 22.9. The minimum Gasteiger partial charge on any atom is -0.337 e. The summed E-state index contributed by atoms with van der Waals surface area (Å²) in [5.41, 5.74) is 0.877. The third kappa shape index (κ3) is 6.51. The average Bonchev–Trinajstić information content (AvgIpc) is 2.97. The minimum atomic E-state index is -3.83. The lowest BCUT2D eigenvalue weighted by atomic mass is 10.2. The number of halogens is 1. The Hall–Kier alpha value is -2.46. The fourth-order valence-corrected chi connectivity index (χ4v) is 4.21. The third-order valence-electron chi connectivity index (χ3n) is 5.08. The van der Waals surface area contributed by atoms with Crippen LogP contribution in [0.15, 0.2) is 53.4 Å². The van der Waals surface area contributed by atoms with Crippen molar-refractivity contribution < 1.29 is 18.0 Å². The van der Waals surface area contributed by atoms with Crippen LogP contribution in [0.25, 0.3) is 0 Å². The molecule has 10 heteroatoms. The van der Waals surface area contributed by atoms with Crippen LogP contribution < -0.4 is 10.5 Å². The van der Waals surface area contributed by atoms with E-state index in [1.165, 1.54) is 18.2 Å². The predicted molar refractivity (Wildman–Crippen MR) is 119 cm³/mol. The van der Waals surface area contributed by atoms with Gasteiger partial charge in [0, 0.05) is 38.3 Å². The Labute approximate surface area is 187 Å². The maximum Gasteiger partial charge on any atom is 0.255 e. The first-order valence-electron chi connectivity index (χ1n) is 9.93. The van der Waals surface area contributed by atoms with Crippen LogP contribution in [-0.4, -0.2) is 62.8 Å². The molecule has 1 heterocycles. The topological polar surface area (TPSA) is 113 Å². The number of rotatable bonds is 6. The van der Waals surface area contributed by atoms with Gasteiger partial charge in [0.05, 0.1) is 15.5 Å². The van der Waals surface area contributed by atoms with E-state index in [1.807, 2.05) is 0 Å². The highest BCUT2D eigenvalue weighted by Gasteiger charge is 2.22. The molecule has 1 saturated heterocycles. The SMILES string of the molecule is NS(=O)(=O)c1cccc(NC(=O)CCN2CCCN(C(=O)c3ccccc3Cl)CC2)c1. The van der Waals surface area contributed by atoms with Crippen LogP contribution in [0.4, 0.5) is 5.69 Å². The van der Waals surface area contributed by atoms with Crippen LogP contribution >= 0.6 is 11.6 Å². The van der Waals surface area contributed by atoms with E-state index >= 15 is 0 Å². The van der Waals surface area contributed by atoms with Crippen molar-refractivity contribution in [1.29, 1.82) is 0 Å². The fourth-order valence-electron chi connectivity index (χ4n) is 3.44. The van der Waals surface area contributed by atoms with Crippen LogP contribution in [0.2, 0.25) is 5.02 Å². The Bertz CT molecular complexity index is 1060. The summed E-state index contributed by atoms with van der Waals surface area (Å²) in [7, 11) is -3.83. The summed E-state index contributed by atoms with van der Waals surface area (Å²) in [4.78, 5) is 28.9. The Morgan fingerprint density at radius 3 is 2.55 bits per heavy atom. The number of sulfonamides is 1. The largest absolute Gasteiger partial charge is 0.337 e. The lowest BCUT2D eigenvalue weighted by Gasteiger charge is -2.22. The van der Waals surface area contributed by atoms with Gasteiger partial charge in [0.1, 0.15) is 0 Å². The van der Waals surface area contributed by atoms with Crippen LogP contribution in [0.5, 0.6) is 0 Å². The first-order valence-corrected chi connectivity index (χ1v) is 11.9. The van der Waals surface area contributed by atoms with Crippen molar-refractivity contribution >= 4 is 39.1 Å². The summed E-state index contributed by atoms with van der Waals surface area (Å²) in [5, 5.41) is 8.26. The summed E-state index contributed by atoms with van der Waals surface area (Å²) in [6.45, 7) is 3.16. The van der Waals surface area contributed by atoms with Gasteiger partial charge in [-0.15, -0.1) is 0 Å². The van der Waals surface area contributed by atoms with Gasteiger partial charge in [-0.05, 0) is 43.3 Å². The summed E-state index contributed by atoms with van der Waals surface area (Å²) in [6, 6.07) is 12.8. The van der Waals surface area contributed by atoms with Gasteiger partial charge in [-0.1, -0.05) is 29.8 Å². The average molecular weight is 465 g/mol. The van der Waals surface area contributed by atoms with Gasteiger partial charge in [-0.3, -0.25) is 9.59 Å². The fraction of sp³-hybridized carbons (Fsp3) is 0.333. The Morgan fingerprint density at radius 2 is 1.81 bits per heavy atom. The number of hydrogen-bond donors (Lipinski definition) is 2. The zero-order valence-electron chi connectivity index (χ0n) is 17.0. The predicted octanol–water partition coefficient (Wildman–Crippen LogP) is 2.16. The molecule has 0 atom stereocenters. The van der Waals surface area contributed by atoms with Crippen LogP contribution in [0.1, 0.15) is 23.2 Å². The van der Waals surface area contributed by atoms with Gasteiger partial charge in [0.25, 0.3) is 5.91 Å². The molecular formula is C21H25ClN4O4S. The van der Waals surface area contributed by atoms with Gasteiger partial charge >= 0.3 is 0 Å². The van der Waals surface area contributed by atoms with Crippen molar-refractivity contribution in [2.24, 2.45) is 5.14 Å². The lowest BCUT2D eigenvalue weighted by Crippen LogP contribution is -2.36. The zero-order valence-corrected chi connectivity index (χ0v) is 18.5. The molecule has 2 aromatic rings. The number of hydrogen-bond acceptors (Lipinski definition) is 5. The molecule has 3 N–H and O–H groups in total. The van der Waals surface area contributed by atoms with Crippen molar-refractivity contribution in [1.82, 2.24) is 9.80 Å². The second-order valence-corrected chi connectivity index (χ2v) is 9.31. The van der Waals surface area contributed by atoms with E-state index in [0.717, 1.165) is 13.0 Å². The Balaban J connectivity index is 1.50. The molecule has 8 nitrogen and oxygen atoms in total.